The van der Waals surface area contributed by atoms with Crippen LogP contribution < -0.4 is 10.1 Å². The van der Waals surface area contributed by atoms with E-state index in [0.29, 0.717) is 24.5 Å². The predicted octanol–water partition coefficient (Wildman–Crippen LogP) is 1.69. The first kappa shape index (κ1) is 17.0. The van der Waals surface area contributed by atoms with Crippen molar-refractivity contribution in [3.8, 4) is 5.75 Å². The Balaban J connectivity index is 2.69. The number of carbonyl (C=O) groups is 2. The normalized spacial score (nSPS) is 11.0. The number of ether oxygens (including phenoxy) is 2. The summed E-state index contributed by atoms with van der Waals surface area (Å²) in [6, 6.07) is 6.72. The zero-order chi connectivity index (χ0) is 15.9. The van der Waals surface area contributed by atoms with Gasteiger partial charge in [0.05, 0.1) is 13.0 Å². The van der Waals surface area contributed by atoms with Crippen LogP contribution in [-0.2, 0) is 9.53 Å². The molecule has 0 radical (unpaired) electrons. The van der Waals surface area contributed by atoms with E-state index in [1.54, 1.807) is 45.2 Å². The highest BCUT2D eigenvalue weighted by molar-refractivity contribution is 5.95. The summed E-state index contributed by atoms with van der Waals surface area (Å²) in [7, 11) is 1.58. The minimum absolute atomic E-state index is 0.150. The number of nitrogens with one attached hydrogen (secondary N) is 1. The Kier molecular flexibility index (Phi) is 6.17. The molecule has 6 heteroatoms. The van der Waals surface area contributed by atoms with E-state index in [9.17, 15) is 9.59 Å². The van der Waals surface area contributed by atoms with Crippen LogP contribution >= 0.6 is 0 Å². The van der Waals surface area contributed by atoms with E-state index in [1.165, 1.54) is 0 Å². The van der Waals surface area contributed by atoms with E-state index in [0.717, 1.165) is 0 Å². The molecule has 6 nitrogen and oxygen atoms in total. The Bertz CT molecular complexity index is 499. The van der Waals surface area contributed by atoms with Gasteiger partial charge in [-0.3, -0.25) is 9.59 Å². The van der Waals surface area contributed by atoms with E-state index >= 15 is 0 Å². The molecule has 0 unspecified atom stereocenters. The number of methoxy groups -OCH3 is 1. The lowest BCUT2D eigenvalue weighted by molar-refractivity contribution is -0.138. The maximum Gasteiger partial charge on any atom is 0.305 e. The van der Waals surface area contributed by atoms with E-state index < -0.39 is 11.5 Å². The zero-order valence-electron chi connectivity index (χ0n) is 12.5. The molecule has 0 atom stereocenters. The number of benzene rings is 1. The second kappa shape index (κ2) is 7.64. The fraction of sp³-hybridized carbons (Fsp3) is 0.467. The molecule has 0 aromatic heterocycles. The topological polar surface area (TPSA) is 84.9 Å². The number of hydrogen-bond donors (Lipinski definition) is 2. The quantitative estimate of drug-likeness (QED) is 0.713. The summed E-state index contributed by atoms with van der Waals surface area (Å²) in [5.41, 5.74) is -0.404. The zero-order valence-corrected chi connectivity index (χ0v) is 12.5. The van der Waals surface area contributed by atoms with Gasteiger partial charge in [0.15, 0.2) is 0 Å². The molecule has 0 aliphatic rings. The van der Waals surface area contributed by atoms with Gasteiger partial charge in [-0.2, -0.15) is 0 Å². The first-order valence-electron chi connectivity index (χ1n) is 6.60. The van der Waals surface area contributed by atoms with Crippen LogP contribution in [0.5, 0.6) is 5.75 Å². The van der Waals surface area contributed by atoms with Crippen molar-refractivity contribution in [2.24, 2.45) is 0 Å². The Morgan fingerprint density at radius 2 is 2.00 bits per heavy atom. The van der Waals surface area contributed by atoms with E-state index in [-0.39, 0.29) is 12.3 Å². The fourth-order valence-corrected chi connectivity index (χ4v) is 1.77. The maximum absolute atomic E-state index is 12.1. The van der Waals surface area contributed by atoms with Crippen LogP contribution in [0.4, 0.5) is 0 Å². The first-order valence-corrected chi connectivity index (χ1v) is 6.60. The molecule has 116 valence electrons. The van der Waals surface area contributed by atoms with Crippen molar-refractivity contribution in [1.29, 1.82) is 0 Å². The molecule has 0 aliphatic heterocycles. The Hall–Kier alpha value is -2.08. The summed E-state index contributed by atoms with van der Waals surface area (Å²) in [6.45, 7) is 4.18. The molecule has 1 rings (SSSR count). The maximum atomic E-state index is 12.1. The second-order valence-electron chi connectivity index (χ2n) is 5.28. The van der Waals surface area contributed by atoms with Gasteiger partial charge in [0.25, 0.3) is 5.91 Å². The highest BCUT2D eigenvalue weighted by Gasteiger charge is 2.24. The van der Waals surface area contributed by atoms with E-state index in [1.807, 2.05) is 0 Å². The van der Waals surface area contributed by atoms with Crippen LogP contribution in [0.2, 0.25) is 0 Å². The molecule has 1 aromatic carbocycles. The number of amides is 1. The summed E-state index contributed by atoms with van der Waals surface area (Å²) in [5.74, 6) is -0.730. The molecule has 0 spiro atoms. The third kappa shape index (κ3) is 6.27. The van der Waals surface area contributed by atoms with Gasteiger partial charge in [-0.05, 0) is 32.0 Å². The van der Waals surface area contributed by atoms with Gasteiger partial charge in [-0.25, -0.2) is 0 Å². The SMILES string of the molecule is COCCOc1cccc(C(=O)NC(C)(C)CC(=O)O)c1. The van der Waals surface area contributed by atoms with Crippen LogP contribution in [0, 0.1) is 0 Å². The van der Waals surface area contributed by atoms with Crippen LogP contribution in [0.25, 0.3) is 0 Å². The van der Waals surface area contributed by atoms with Crippen molar-refractivity contribution < 1.29 is 24.2 Å². The van der Waals surface area contributed by atoms with E-state index in [4.69, 9.17) is 14.6 Å². The van der Waals surface area contributed by atoms with Gasteiger partial charge in [0, 0.05) is 18.2 Å². The molecular weight excluding hydrogens is 274 g/mol. The lowest BCUT2D eigenvalue weighted by atomic mass is 10.00. The van der Waals surface area contributed by atoms with Gasteiger partial charge < -0.3 is 19.9 Å². The highest BCUT2D eigenvalue weighted by Crippen LogP contribution is 2.15. The minimum atomic E-state index is -0.961. The molecule has 0 aliphatic carbocycles. The van der Waals surface area contributed by atoms with Crippen molar-refractivity contribution >= 4 is 11.9 Å². The standard InChI is InChI=1S/C15H21NO5/c1-15(2,10-13(17)18)16-14(19)11-5-4-6-12(9-11)21-8-7-20-3/h4-6,9H,7-8,10H2,1-3H3,(H,16,19)(H,17,18). The van der Waals surface area contributed by atoms with Gasteiger partial charge in [-0.1, -0.05) is 6.07 Å². The number of carbonyl (C=O) groups excluding carboxylic acids is 1. The number of rotatable bonds is 8. The average molecular weight is 295 g/mol. The number of hydrogen-bond acceptors (Lipinski definition) is 4. The van der Waals surface area contributed by atoms with Gasteiger partial charge in [0.2, 0.25) is 0 Å². The predicted molar refractivity (Wildman–Crippen MR) is 77.6 cm³/mol. The largest absolute Gasteiger partial charge is 0.491 e. The van der Waals surface area contributed by atoms with Gasteiger partial charge in [-0.15, -0.1) is 0 Å². The monoisotopic (exact) mass is 295 g/mol. The molecule has 0 heterocycles. The van der Waals surface area contributed by atoms with Crippen molar-refractivity contribution in [1.82, 2.24) is 5.32 Å². The lowest BCUT2D eigenvalue weighted by Crippen LogP contribution is -2.44. The van der Waals surface area contributed by atoms with Crippen molar-refractivity contribution in [2.75, 3.05) is 20.3 Å². The fourth-order valence-electron chi connectivity index (χ4n) is 1.77. The van der Waals surface area contributed by atoms with Crippen molar-refractivity contribution in [2.45, 2.75) is 25.8 Å². The first-order chi connectivity index (χ1) is 9.84. The Morgan fingerprint density at radius 3 is 2.62 bits per heavy atom. The highest BCUT2D eigenvalue weighted by atomic mass is 16.5. The summed E-state index contributed by atoms with van der Waals surface area (Å²) in [4.78, 5) is 22.9. The third-order valence-electron chi connectivity index (χ3n) is 2.70. The summed E-state index contributed by atoms with van der Waals surface area (Å²) in [6.07, 6.45) is -0.150. The minimum Gasteiger partial charge on any atom is -0.491 e. The van der Waals surface area contributed by atoms with Crippen LogP contribution in [0.15, 0.2) is 24.3 Å². The molecule has 0 saturated heterocycles. The summed E-state index contributed by atoms with van der Waals surface area (Å²) < 4.78 is 10.3. The number of carboxylic acid groups (broad SMARTS) is 1. The second-order valence-corrected chi connectivity index (χ2v) is 5.28. The van der Waals surface area contributed by atoms with Gasteiger partial charge in [0.1, 0.15) is 12.4 Å². The molecule has 0 bridgehead atoms. The molecule has 2 N–H and O–H groups in total. The van der Waals surface area contributed by atoms with Crippen molar-refractivity contribution in [3.63, 3.8) is 0 Å². The molecule has 0 saturated carbocycles. The van der Waals surface area contributed by atoms with Crippen molar-refractivity contribution in [3.05, 3.63) is 29.8 Å². The summed E-state index contributed by atoms with van der Waals surface area (Å²) in [5, 5.41) is 11.5. The molecule has 0 fully saturated rings. The number of carboxylic acids is 1. The third-order valence-corrected chi connectivity index (χ3v) is 2.70. The van der Waals surface area contributed by atoms with E-state index in [2.05, 4.69) is 5.32 Å². The number of aliphatic carboxylic acids is 1. The summed E-state index contributed by atoms with van der Waals surface area (Å²) >= 11 is 0. The Morgan fingerprint density at radius 1 is 1.29 bits per heavy atom. The lowest BCUT2D eigenvalue weighted by Gasteiger charge is -2.24. The van der Waals surface area contributed by atoms with Crippen LogP contribution in [0.1, 0.15) is 30.6 Å². The molecule has 1 amide bonds. The molecule has 21 heavy (non-hydrogen) atoms. The average Bonchev–Trinajstić information content (AvgIpc) is 2.37. The smallest absolute Gasteiger partial charge is 0.305 e. The van der Waals surface area contributed by atoms with Gasteiger partial charge >= 0.3 is 5.97 Å². The van der Waals surface area contributed by atoms with Crippen LogP contribution in [-0.4, -0.2) is 42.8 Å². The molecular formula is C15H21NO5. The molecule has 1 aromatic rings. The Labute approximate surface area is 124 Å². The van der Waals surface area contributed by atoms with Crippen LogP contribution in [0.3, 0.4) is 0 Å².